The molecule has 164 valence electrons. The van der Waals surface area contributed by atoms with Gasteiger partial charge in [-0.2, -0.15) is 0 Å². The minimum Gasteiger partial charge on any atom is -0.495 e. The summed E-state index contributed by atoms with van der Waals surface area (Å²) in [4.78, 5) is 33.1. The minimum atomic E-state index is -0.482. The molecule has 0 spiro atoms. The van der Waals surface area contributed by atoms with Crippen molar-refractivity contribution in [1.29, 1.82) is 0 Å². The number of esters is 1. The highest BCUT2D eigenvalue weighted by Crippen LogP contribution is 2.27. The Morgan fingerprint density at radius 3 is 2.44 bits per heavy atom. The molecular weight excluding hydrogens is 432 g/mol. The number of halogens is 1. The largest absolute Gasteiger partial charge is 0.495 e. The van der Waals surface area contributed by atoms with E-state index in [4.69, 9.17) is 16.3 Å². The third-order valence-corrected chi connectivity index (χ3v) is 4.58. The van der Waals surface area contributed by atoms with Crippen LogP contribution in [0.5, 0.6) is 5.75 Å². The van der Waals surface area contributed by atoms with Crippen molar-refractivity contribution in [3.8, 4) is 5.75 Å². The summed E-state index contributed by atoms with van der Waals surface area (Å²) in [6.07, 6.45) is 1.67. The molecule has 3 aromatic rings. The Balaban J connectivity index is 1.84. The van der Waals surface area contributed by atoms with Gasteiger partial charge >= 0.3 is 5.97 Å². The van der Waals surface area contributed by atoms with Gasteiger partial charge in [-0.1, -0.05) is 17.7 Å². The van der Waals surface area contributed by atoms with Gasteiger partial charge in [-0.05, 0) is 54.6 Å². The van der Waals surface area contributed by atoms with Crippen LogP contribution in [0.2, 0.25) is 5.02 Å². The van der Waals surface area contributed by atoms with Crippen LogP contribution in [0.3, 0.4) is 0 Å². The number of hydrogen-bond acceptors (Lipinski definition) is 6. The lowest BCUT2D eigenvalue weighted by Crippen LogP contribution is -2.36. The molecule has 1 amide bonds. The quantitative estimate of drug-likeness (QED) is 0.334. The molecule has 0 aliphatic carbocycles. The minimum absolute atomic E-state index is 0.179. The first kappa shape index (κ1) is 22.8. The molecule has 0 atom stereocenters. The van der Waals surface area contributed by atoms with E-state index >= 15 is 0 Å². The van der Waals surface area contributed by atoms with Crippen molar-refractivity contribution >= 4 is 35.1 Å². The summed E-state index contributed by atoms with van der Waals surface area (Å²) >= 11 is 6.11. The smallest absolute Gasteiger partial charge is 0.337 e. The van der Waals surface area contributed by atoms with Crippen LogP contribution < -0.4 is 15.4 Å². The van der Waals surface area contributed by atoms with Crippen LogP contribution in [-0.2, 0) is 11.3 Å². The SMILES string of the molecule is COC(=O)c1ccc(C(=O)NC(=NCc2ccccn2)Nc2cc(Cl)ccc2OC)cc1. The van der Waals surface area contributed by atoms with Gasteiger partial charge in [0.1, 0.15) is 5.75 Å². The number of rotatable bonds is 6. The van der Waals surface area contributed by atoms with Crippen molar-refractivity contribution in [2.24, 2.45) is 4.99 Å². The van der Waals surface area contributed by atoms with Gasteiger partial charge in [-0.25, -0.2) is 9.79 Å². The summed E-state index contributed by atoms with van der Waals surface area (Å²) in [6, 6.07) is 16.6. The number of nitrogens with one attached hydrogen (secondary N) is 2. The number of carbonyl (C=O) groups excluding carboxylic acids is 2. The Morgan fingerprint density at radius 2 is 1.78 bits per heavy atom. The molecule has 3 rings (SSSR count). The van der Waals surface area contributed by atoms with Crippen molar-refractivity contribution in [2.45, 2.75) is 6.54 Å². The summed E-state index contributed by atoms with van der Waals surface area (Å²) in [6.45, 7) is 0.230. The Hall–Kier alpha value is -3.91. The number of nitrogens with zero attached hydrogens (tertiary/aromatic N) is 2. The first-order valence-corrected chi connectivity index (χ1v) is 9.92. The fourth-order valence-corrected chi connectivity index (χ4v) is 2.89. The van der Waals surface area contributed by atoms with Crippen LogP contribution in [-0.4, -0.2) is 37.0 Å². The molecule has 0 radical (unpaired) electrons. The molecule has 1 aromatic heterocycles. The van der Waals surface area contributed by atoms with Crippen LogP contribution in [0.25, 0.3) is 0 Å². The number of aromatic nitrogens is 1. The van der Waals surface area contributed by atoms with E-state index in [-0.39, 0.29) is 12.5 Å². The van der Waals surface area contributed by atoms with Gasteiger partial charge in [0, 0.05) is 16.8 Å². The van der Waals surface area contributed by atoms with Gasteiger partial charge in [-0.3, -0.25) is 15.1 Å². The monoisotopic (exact) mass is 452 g/mol. The zero-order valence-electron chi connectivity index (χ0n) is 17.5. The van der Waals surface area contributed by atoms with Crippen molar-refractivity contribution in [2.75, 3.05) is 19.5 Å². The van der Waals surface area contributed by atoms with Crippen LogP contribution in [0.4, 0.5) is 5.69 Å². The van der Waals surface area contributed by atoms with Crippen LogP contribution in [0.1, 0.15) is 26.4 Å². The molecule has 9 heteroatoms. The number of aliphatic imine (C=N–C) groups is 1. The number of carbonyl (C=O) groups is 2. The summed E-state index contributed by atoms with van der Waals surface area (Å²) in [7, 11) is 2.82. The number of pyridine rings is 1. The number of anilines is 1. The lowest BCUT2D eigenvalue weighted by Gasteiger charge is -2.15. The lowest BCUT2D eigenvalue weighted by molar-refractivity contribution is 0.0600. The van der Waals surface area contributed by atoms with Gasteiger partial charge < -0.3 is 14.8 Å². The average Bonchev–Trinajstić information content (AvgIpc) is 2.83. The Morgan fingerprint density at radius 1 is 1.03 bits per heavy atom. The standard InChI is InChI=1S/C23H21ClN4O4/c1-31-20-11-10-17(24)13-19(20)27-23(26-14-18-5-3-4-12-25-18)28-21(29)15-6-8-16(9-7-15)22(30)32-2/h3-13H,14H2,1-2H3,(H2,26,27,28,29). The van der Waals surface area contributed by atoms with Gasteiger partial charge in [0.05, 0.1) is 37.7 Å². The van der Waals surface area contributed by atoms with Gasteiger partial charge in [0.25, 0.3) is 5.91 Å². The first-order valence-electron chi connectivity index (χ1n) is 9.55. The number of guanidine groups is 1. The lowest BCUT2D eigenvalue weighted by atomic mass is 10.1. The fraction of sp³-hybridized carbons (Fsp3) is 0.130. The van der Waals surface area contributed by atoms with E-state index in [2.05, 4.69) is 25.3 Å². The molecule has 0 bridgehead atoms. The summed E-state index contributed by atoms with van der Waals surface area (Å²) < 4.78 is 10.0. The predicted octanol–water partition coefficient (Wildman–Crippen LogP) is 3.93. The summed E-state index contributed by atoms with van der Waals surface area (Å²) in [5, 5.41) is 6.29. The number of methoxy groups -OCH3 is 2. The molecule has 2 N–H and O–H groups in total. The Kier molecular flexibility index (Phi) is 7.77. The highest BCUT2D eigenvalue weighted by atomic mass is 35.5. The maximum absolute atomic E-state index is 12.8. The van der Waals surface area contributed by atoms with E-state index < -0.39 is 11.9 Å². The third-order valence-electron chi connectivity index (χ3n) is 4.34. The van der Waals surface area contributed by atoms with Crippen molar-refractivity contribution in [1.82, 2.24) is 10.3 Å². The fourth-order valence-electron chi connectivity index (χ4n) is 2.72. The number of amides is 1. The molecule has 1 heterocycles. The van der Waals surface area contributed by atoms with E-state index in [0.29, 0.717) is 27.6 Å². The van der Waals surface area contributed by atoms with Crippen LogP contribution in [0.15, 0.2) is 71.9 Å². The molecule has 0 saturated heterocycles. The normalized spacial score (nSPS) is 10.9. The zero-order valence-corrected chi connectivity index (χ0v) is 18.2. The topological polar surface area (TPSA) is 102 Å². The molecule has 0 aliphatic rings. The second-order valence-electron chi connectivity index (χ2n) is 6.48. The van der Waals surface area contributed by atoms with Gasteiger partial charge in [0.15, 0.2) is 0 Å². The molecule has 2 aromatic carbocycles. The molecular formula is C23H21ClN4O4. The predicted molar refractivity (Wildman–Crippen MR) is 122 cm³/mol. The maximum atomic E-state index is 12.8. The van der Waals surface area contributed by atoms with Crippen molar-refractivity contribution in [3.63, 3.8) is 0 Å². The summed E-state index contributed by atoms with van der Waals surface area (Å²) in [5.41, 5.74) is 1.93. The van der Waals surface area contributed by atoms with E-state index in [0.717, 1.165) is 5.69 Å². The molecule has 8 nitrogen and oxygen atoms in total. The van der Waals surface area contributed by atoms with Crippen molar-refractivity contribution in [3.05, 3.63) is 88.7 Å². The Bertz CT molecular complexity index is 1120. The van der Waals surface area contributed by atoms with E-state index in [9.17, 15) is 9.59 Å². The first-order chi connectivity index (χ1) is 15.5. The third kappa shape index (κ3) is 6.05. The second kappa shape index (κ2) is 10.9. The molecule has 32 heavy (non-hydrogen) atoms. The number of benzene rings is 2. The highest BCUT2D eigenvalue weighted by molar-refractivity contribution is 6.31. The average molecular weight is 453 g/mol. The Labute approximate surface area is 190 Å². The molecule has 0 aliphatic heterocycles. The van der Waals surface area contributed by atoms with Crippen LogP contribution >= 0.6 is 11.6 Å². The van der Waals surface area contributed by atoms with Gasteiger partial charge in [0.2, 0.25) is 5.96 Å². The number of hydrogen-bond donors (Lipinski definition) is 2. The highest BCUT2D eigenvalue weighted by Gasteiger charge is 2.13. The van der Waals surface area contributed by atoms with Gasteiger partial charge in [-0.15, -0.1) is 0 Å². The van der Waals surface area contributed by atoms with E-state index in [1.54, 1.807) is 24.4 Å². The zero-order chi connectivity index (χ0) is 22.9. The van der Waals surface area contributed by atoms with E-state index in [1.165, 1.54) is 38.5 Å². The van der Waals surface area contributed by atoms with E-state index in [1.807, 2.05) is 18.2 Å². The maximum Gasteiger partial charge on any atom is 0.337 e. The second-order valence-corrected chi connectivity index (χ2v) is 6.92. The molecule has 0 unspecified atom stereocenters. The van der Waals surface area contributed by atoms with Crippen molar-refractivity contribution < 1.29 is 19.1 Å². The molecule has 0 fully saturated rings. The summed E-state index contributed by atoms with van der Waals surface area (Å²) in [5.74, 6) is -0.200. The van der Waals surface area contributed by atoms with Crippen LogP contribution in [0, 0.1) is 0 Å². The molecule has 0 saturated carbocycles. The number of ether oxygens (including phenoxy) is 2.